The first-order chi connectivity index (χ1) is 16.2. The van der Waals surface area contributed by atoms with Crippen LogP contribution in [-0.2, 0) is 9.59 Å². The number of halogens is 2. The Bertz CT molecular complexity index is 1350. The molecule has 0 fully saturated rings. The van der Waals surface area contributed by atoms with E-state index in [1.54, 1.807) is 24.3 Å². The number of carbonyl (C=O) groups excluding carboxylic acids is 2. The quantitative estimate of drug-likeness (QED) is 0.521. The van der Waals surface area contributed by atoms with Crippen molar-refractivity contribution in [1.29, 1.82) is 0 Å². The fraction of sp³-hybridized carbons (Fsp3) is 0.154. The van der Waals surface area contributed by atoms with Gasteiger partial charge in [0.15, 0.2) is 23.1 Å². The van der Waals surface area contributed by atoms with E-state index in [0.29, 0.717) is 22.7 Å². The molecule has 4 rings (SSSR count). The zero-order chi connectivity index (χ0) is 24.6. The Morgan fingerprint density at radius 1 is 0.794 bits per heavy atom. The Morgan fingerprint density at radius 3 is 2.18 bits per heavy atom. The monoisotopic (exact) mass is 464 g/mol. The highest BCUT2D eigenvalue weighted by atomic mass is 19.2. The van der Waals surface area contributed by atoms with Crippen LogP contribution < -0.4 is 19.7 Å². The molecule has 3 aromatic carbocycles. The molecular formula is C26H22F2N2O4. The Labute approximate surface area is 195 Å². The number of rotatable bonds is 6. The first-order valence-corrected chi connectivity index (χ1v) is 10.4. The Balaban J connectivity index is 1.85. The summed E-state index contributed by atoms with van der Waals surface area (Å²) in [7, 11) is 2.99. The zero-order valence-corrected chi connectivity index (χ0v) is 19.0. The summed E-state index contributed by atoms with van der Waals surface area (Å²) in [5.74, 6) is -2.66. The number of carbonyl (C=O) groups is 2. The van der Waals surface area contributed by atoms with Crippen molar-refractivity contribution in [1.82, 2.24) is 0 Å². The van der Waals surface area contributed by atoms with Crippen LogP contribution in [0.4, 0.5) is 20.2 Å². The fourth-order valence-corrected chi connectivity index (χ4v) is 3.91. The molecule has 3 aromatic rings. The van der Waals surface area contributed by atoms with E-state index in [4.69, 9.17) is 9.47 Å². The number of ether oxygens (including phenoxy) is 2. The molecule has 174 valence electrons. The summed E-state index contributed by atoms with van der Waals surface area (Å²) in [6.07, 6.45) is 0. The summed E-state index contributed by atoms with van der Waals surface area (Å²) in [4.78, 5) is 27.8. The lowest BCUT2D eigenvalue weighted by molar-refractivity contribution is -0.120. The van der Waals surface area contributed by atoms with Crippen molar-refractivity contribution in [2.24, 2.45) is 0 Å². The molecular weight excluding hydrogens is 442 g/mol. The number of amides is 2. The van der Waals surface area contributed by atoms with E-state index < -0.39 is 23.4 Å². The van der Waals surface area contributed by atoms with Gasteiger partial charge in [-0.05, 0) is 49.2 Å². The van der Waals surface area contributed by atoms with Crippen LogP contribution in [0.15, 0.2) is 60.3 Å². The molecule has 1 aliphatic heterocycles. The van der Waals surface area contributed by atoms with Gasteiger partial charge in [0.1, 0.15) is 5.70 Å². The smallest absolute Gasteiger partial charge is 0.282 e. The molecule has 34 heavy (non-hydrogen) atoms. The molecule has 0 aliphatic carbocycles. The molecule has 0 aromatic heterocycles. The fourth-order valence-electron chi connectivity index (χ4n) is 3.91. The van der Waals surface area contributed by atoms with Crippen LogP contribution in [-0.4, -0.2) is 26.0 Å². The summed E-state index contributed by atoms with van der Waals surface area (Å²) in [5.41, 5.74) is 2.87. The Kier molecular flexibility index (Phi) is 6.06. The number of benzene rings is 3. The highest BCUT2D eigenvalue weighted by Crippen LogP contribution is 2.37. The molecule has 8 heteroatoms. The third kappa shape index (κ3) is 3.98. The van der Waals surface area contributed by atoms with E-state index in [1.165, 1.54) is 20.3 Å². The topological polar surface area (TPSA) is 67.9 Å². The lowest BCUT2D eigenvalue weighted by Gasteiger charge is -2.16. The van der Waals surface area contributed by atoms with Crippen LogP contribution in [0.25, 0.3) is 5.57 Å². The van der Waals surface area contributed by atoms with Crippen molar-refractivity contribution < 1.29 is 27.8 Å². The van der Waals surface area contributed by atoms with Crippen LogP contribution in [0.1, 0.15) is 16.7 Å². The van der Waals surface area contributed by atoms with E-state index in [2.05, 4.69) is 5.32 Å². The standard InChI is InChI=1S/C26H22F2N2O4/c1-14-5-8-18(15(2)11-14)23-24(29-16-6-10-21(33-3)22(12-16)34-4)26(32)30(25(23)31)17-7-9-19(27)20(28)13-17/h5-13,29H,1-4H3. The molecule has 0 saturated heterocycles. The van der Waals surface area contributed by atoms with Gasteiger partial charge in [-0.2, -0.15) is 0 Å². The molecule has 0 saturated carbocycles. The number of methoxy groups -OCH3 is 2. The van der Waals surface area contributed by atoms with Gasteiger partial charge in [-0.25, -0.2) is 13.7 Å². The van der Waals surface area contributed by atoms with Gasteiger partial charge < -0.3 is 14.8 Å². The van der Waals surface area contributed by atoms with Crippen molar-refractivity contribution in [2.45, 2.75) is 13.8 Å². The van der Waals surface area contributed by atoms with Gasteiger partial charge in [0.2, 0.25) is 0 Å². The van der Waals surface area contributed by atoms with Crippen LogP contribution in [0.2, 0.25) is 0 Å². The third-order valence-electron chi connectivity index (χ3n) is 5.55. The van der Waals surface area contributed by atoms with Gasteiger partial charge in [0, 0.05) is 17.8 Å². The van der Waals surface area contributed by atoms with Crippen molar-refractivity contribution in [3.63, 3.8) is 0 Å². The number of imide groups is 1. The number of nitrogens with zero attached hydrogens (tertiary/aromatic N) is 1. The normalized spacial score (nSPS) is 13.5. The number of hydrogen-bond acceptors (Lipinski definition) is 5. The molecule has 1 heterocycles. The van der Waals surface area contributed by atoms with Gasteiger partial charge in [-0.3, -0.25) is 9.59 Å². The predicted molar refractivity (Wildman–Crippen MR) is 125 cm³/mol. The van der Waals surface area contributed by atoms with Crippen LogP contribution in [0.5, 0.6) is 11.5 Å². The van der Waals surface area contributed by atoms with Crippen LogP contribution >= 0.6 is 0 Å². The second kappa shape index (κ2) is 8.97. The van der Waals surface area contributed by atoms with Crippen LogP contribution in [0.3, 0.4) is 0 Å². The van der Waals surface area contributed by atoms with Gasteiger partial charge in [-0.1, -0.05) is 23.8 Å². The summed E-state index contributed by atoms with van der Waals surface area (Å²) < 4.78 is 38.0. The van der Waals surface area contributed by atoms with E-state index in [1.807, 2.05) is 26.0 Å². The SMILES string of the molecule is COc1ccc(NC2=C(c3ccc(C)cc3C)C(=O)N(c3ccc(F)c(F)c3)C2=O)cc1OC. The number of hydrogen-bond donors (Lipinski definition) is 1. The van der Waals surface area contributed by atoms with Crippen molar-refractivity contribution >= 4 is 28.8 Å². The van der Waals surface area contributed by atoms with Crippen LogP contribution in [0, 0.1) is 25.5 Å². The maximum Gasteiger partial charge on any atom is 0.282 e. The molecule has 0 unspecified atom stereocenters. The maximum atomic E-state index is 13.9. The molecule has 0 spiro atoms. The highest BCUT2D eigenvalue weighted by molar-refractivity contribution is 6.46. The third-order valence-corrected chi connectivity index (χ3v) is 5.55. The van der Waals surface area contributed by atoms with E-state index in [9.17, 15) is 18.4 Å². The number of anilines is 2. The first-order valence-electron chi connectivity index (χ1n) is 10.4. The molecule has 1 aliphatic rings. The second-order valence-electron chi connectivity index (χ2n) is 7.81. The number of aryl methyl sites for hydroxylation is 2. The Morgan fingerprint density at radius 2 is 1.53 bits per heavy atom. The minimum Gasteiger partial charge on any atom is -0.493 e. The molecule has 6 nitrogen and oxygen atoms in total. The lowest BCUT2D eigenvalue weighted by Crippen LogP contribution is -2.32. The highest BCUT2D eigenvalue weighted by Gasteiger charge is 2.41. The largest absolute Gasteiger partial charge is 0.493 e. The van der Waals surface area contributed by atoms with E-state index in [-0.39, 0.29) is 17.0 Å². The first kappa shape index (κ1) is 23.0. The summed E-state index contributed by atoms with van der Waals surface area (Å²) in [5, 5.41) is 3.03. The summed E-state index contributed by atoms with van der Waals surface area (Å²) in [6.45, 7) is 3.75. The average molecular weight is 464 g/mol. The molecule has 1 N–H and O–H groups in total. The second-order valence-corrected chi connectivity index (χ2v) is 7.81. The Hall–Kier alpha value is -4.20. The summed E-state index contributed by atoms with van der Waals surface area (Å²) >= 11 is 0. The van der Waals surface area contributed by atoms with Gasteiger partial charge >= 0.3 is 0 Å². The minimum absolute atomic E-state index is 0.00825. The number of nitrogens with one attached hydrogen (secondary N) is 1. The van der Waals surface area contributed by atoms with E-state index >= 15 is 0 Å². The minimum atomic E-state index is -1.16. The molecule has 0 radical (unpaired) electrons. The van der Waals surface area contributed by atoms with Crippen molar-refractivity contribution in [3.05, 3.63) is 88.6 Å². The average Bonchev–Trinajstić information content (AvgIpc) is 3.05. The summed E-state index contributed by atoms with van der Waals surface area (Å²) in [6, 6.07) is 13.3. The molecule has 0 bridgehead atoms. The lowest BCUT2D eigenvalue weighted by atomic mass is 9.97. The maximum absolute atomic E-state index is 13.9. The predicted octanol–water partition coefficient (Wildman–Crippen LogP) is 5.00. The molecule has 2 amide bonds. The zero-order valence-electron chi connectivity index (χ0n) is 19.0. The van der Waals surface area contributed by atoms with Gasteiger partial charge in [-0.15, -0.1) is 0 Å². The van der Waals surface area contributed by atoms with Crippen molar-refractivity contribution in [2.75, 3.05) is 24.4 Å². The van der Waals surface area contributed by atoms with Gasteiger partial charge in [0.05, 0.1) is 25.5 Å². The van der Waals surface area contributed by atoms with E-state index in [0.717, 1.165) is 28.2 Å². The van der Waals surface area contributed by atoms with Gasteiger partial charge in [0.25, 0.3) is 11.8 Å². The molecule has 0 atom stereocenters. The van der Waals surface area contributed by atoms with Crippen molar-refractivity contribution in [3.8, 4) is 11.5 Å².